The smallest absolute Gasteiger partial charge is 0.337 e. The third-order valence-electron chi connectivity index (χ3n) is 3.57. The second-order valence-electron chi connectivity index (χ2n) is 4.76. The third-order valence-corrected chi connectivity index (χ3v) is 4.15. The molecule has 2 aromatic rings. The van der Waals surface area contributed by atoms with Gasteiger partial charge in [0.25, 0.3) is 0 Å². The van der Waals surface area contributed by atoms with Crippen LogP contribution in [0.1, 0.15) is 34.9 Å². The van der Waals surface area contributed by atoms with Crippen molar-refractivity contribution in [3.63, 3.8) is 0 Å². The van der Waals surface area contributed by atoms with E-state index in [4.69, 9.17) is 5.11 Å². The predicted octanol–water partition coefficient (Wildman–Crippen LogP) is 2.26. The first kappa shape index (κ1) is 12.6. The Morgan fingerprint density at radius 2 is 2.16 bits per heavy atom. The molecule has 3 heterocycles. The lowest BCUT2D eigenvalue weighted by Gasteiger charge is -2.21. The number of piperidine rings is 1. The number of hydrogen-bond acceptors (Lipinski definition) is 3. The summed E-state index contributed by atoms with van der Waals surface area (Å²) in [4.78, 5) is 15.7. The topological polar surface area (TPSA) is 66.6 Å². The van der Waals surface area contributed by atoms with Crippen molar-refractivity contribution in [2.24, 2.45) is 0 Å². The molecule has 0 saturated carbocycles. The molecule has 0 radical (unpaired) electrons. The normalized spacial score (nSPS) is 16.9. The average molecular weight is 324 g/mol. The summed E-state index contributed by atoms with van der Waals surface area (Å²) in [7, 11) is 0. The summed E-state index contributed by atoms with van der Waals surface area (Å²) in [5.74, 6) is 0.415. The molecule has 2 aromatic heterocycles. The molecule has 1 aliphatic heterocycles. The van der Waals surface area contributed by atoms with Gasteiger partial charge in [-0.15, -0.1) is 0 Å². The van der Waals surface area contributed by atoms with Crippen LogP contribution in [-0.4, -0.2) is 33.6 Å². The molecular weight excluding hydrogens is 310 g/mol. The Morgan fingerprint density at radius 1 is 1.42 bits per heavy atom. The largest absolute Gasteiger partial charge is 0.478 e. The maximum absolute atomic E-state index is 11.1. The van der Waals surface area contributed by atoms with Gasteiger partial charge in [0.1, 0.15) is 10.4 Å². The number of carboxylic acid groups (broad SMARTS) is 1. The minimum atomic E-state index is -0.914. The van der Waals surface area contributed by atoms with E-state index in [1.807, 2.05) is 4.40 Å². The number of carbonyl (C=O) groups is 1. The highest BCUT2D eigenvalue weighted by Crippen LogP contribution is 2.29. The molecule has 19 heavy (non-hydrogen) atoms. The zero-order valence-electron chi connectivity index (χ0n) is 10.3. The zero-order valence-corrected chi connectivity index (χ0v) is 11.9. The minimum absolute atomic E-state index is 0.285. The fourth-order valence-corrected chi connectivity index (χ4v) is 3.07. The molecule has 0 unspecified atom stereocenters. The van der Waals surface area contributed by atoms with Gasteiger partial charge in [-0.2, -0.15) is 0 Å². The second-order valence-corrected chi connectivity index (χ2v) is 5.51. The number of carboxylic acids is 1. The summed E-state index contributed by atoms with van der Waals surface area (Å²) in [5.41, 5.74) is 1.20. The van der Waals surface area contributed by atoms with Crippen molar-refractivity contribution in [2.45, 2.75) is 18.8 Å². The number of pyridine rings is 1. The minimum Gasteiger partial charge on any atom is -0.478 e. The van der Waals surface area contributed by atoms with E-state index in [0.29, 0.717) is 5.92 Å². The standard InChI is InChI=1S/C13H14BrN3O2/c14-11-10-2-1-9(13(18)19)7-17(10)12(16-11)8-3-5-15-6-4-8/h1-2,7-8,15H,3-6H2,(H,18,19). The number of aromatic nitrogens is 2. The molecular formula is C13H14BrN3O2. The molecule has 0 amide bonds. The Bertz CT molecular complexity index is 632. The van der Waals surface area contributed by atoms with Crippen molar-refractivity contribution < 1.29 is 9.90 Å². The van der Waals surface area contributed by atoms with Crippen molar-refractivity contribution in [1.29, 1.82) is 0 Å². The number of nitrogens with zero attached hydrogens (tertiary/aromatic N) is 2. The number of aromatic carboxylic acids is 1. The Hall–Kier alpha value is -1.40. The van der Waals surface area contributed by atoms with Crippen molar-refractivity contribution in [3.8, 4) is 0 Å². The number of hydrogen-bond donors (Lipinski definition) is 2. The lowest BCUT2D eigenvalue weighted by atomic mass is 9.97. The van der Waals surface area contributed by atoms with E-state index >= 15 is 0 Å². The molecule has 0 aromatic carbocycles. The molecule has 0 bridgehead atoms. The molecule has 3 rings (SSSR count). The van der Waals surface area contributed by atoms with Gasteiger partial charge in [-0.1, -0.05) is 0 Å². The number of halogens is 1. The van der Waals surface area contributed by atoms with Crippen LogP contribution < -0.4 is 5.32 Å². The van der Waals surface area contributed by atoms with E-state index in [2.05, 4.69) is 26.2 Å². The summed E-state index contributed by atoms with van der Waals surface area (Å²) in [6.07, 6.45) is 3.72. The van der Waals surface area contributed by atoms with Crippen LogP contribution in [0.15, 0.2) is 22.9 Å². The van der Waals surface area contributed by atoms with Crippen molar-refractivity contribution in [3.05, 3.63) is 34.3 Å². The molecule has 5 nitrogen and oxygen atoms in total. The van der Waals surface area contributed by atoms with Crippen LogP contribution in [0.5, 0.6) is 0 Å². The first-order chi connectivity index (χ1) is 9.16. The van der Waals surface area contributed by atoms with E-state index in [1.165, 1.54) is 0 Å². The zero-order chi connectivity index (χ0) is 13.4. The Balaban J connectivity index is 2.12. The Labute approximate surface area is 118 Å². The molecule has 0 spiro atoms. The molecule has 0 aliphatic carbocycles. The maximum Gasteiger partial charge on any atom is 0.337 e. The first-order valence-electron chi connectivity index (χ1n) is 6.28. The fourth-order valence-electron chi connectivity index (χ4n) is 2.56. The molecule has 1 saturated heterocycles. The Morgan fingerprint density at radius 3 is 2.84 bits per heavy atom. The predicted molar refractivity (Wildman–Crippen MR) is 74.7 cm³/mol. The van der Waals surface area contributed by atoms with Gasteiger partial charge >= 0.3 is 5.97 Å². The molecule has 100 valence electrons. The first-order valence-corrected chi connectivity index (χ1v) is 7.07. The van der Waals surface area contributed by atoms with Crippen molar-refractivity contribution in [1.82, 2.24) is 14.7 Å². The molecule has 1 aliphatic rings. The molecule has 1 fully saturated rings. The van der Waals surface area contributed by atoms with Crippen LogP contribution in [0, 0.1) is 0 Å². The summed E-state index contributed by atoms with van der Waals surface area (Å²) in [6, 6.07) is 3.40. The molecule has 6 heteroatoms. The van der Waals surface area contributed by atoms with Crippen LogP contribution >= 0.6 is 15.9 Å². The van der Waals surface area contributed by atoms with Gasteiger partial charge in [0.05, 0.1) is 11.1 Å². The number of rotatable bonds is 2. The van der Waals surface area contributed by atoms with E-state index < -0.39 is 5.97 Å². The third kappa shape index (κ3) is 2.26. The SMILES string of the molecule is O=C(O)c1ccc2c(Br)nc(C3CCNCC3)n2c1. The van der Waals surface area contributed by atoms with E-state index in [0.717, 1.165) is 41.9 Å². The maximum atomic E-state index is 11.1. The molecule has 0 atom stereocenters. The van der Waals surface area contributed by atoms with Gasteiger partial charge < -0.3 is 14.8 Å². The number of fused-ring (bicyclic) bond motifs is 1. The lowest BCUT2D eigenvalue weighted by Crippen LogP contribution is -2.27. The summed E-state index contributed by atoms with van der Waals surface area (Å²) in [5, 5.41) is 12.4. The summed E-state index contributed by atoms with van der Waals surface area (Å²) >= 11 is 3.45. The van der Waals surface area contributed by atoms with Crippen LogP contribution in [0.2, 0.25) is 0 Å². The van der Waals surface area contributed by atoms with Gasteiger partial charge in [-0.3, -0.25) is 0 Å². The van der Waals surface area contributed by atoms with Crippen LogP contribution in [-0.2, 0) is 0 Å². The van der Waals surface area contributed by atoms with E-state index in [1.54, 1.807) is 18.3 Å². The van der Waals surface area contributed by atoms with Crippen LogP contribution in [0.3, 0.4) is 0 Å². The average Bonchev–Trinajstić information content (AvgIpc) is 2.77. The highest BCUT2D eigenvalue weighted by molar-refractivity contribution is 9.10. The monoisotopic (exact) mass is 323 g/mol. The van der Waals surface area contributed by atoms with Crippen LogP contribution in [0.25, 0.3) is 5.52 Å². The number of nitrogens with one attached hydrogen (secondary N) is 1. The van der Waals surface area contributed by atoms with Gasteiger partial charge in [0.15, 0.2) is 0 Å². The molecule has 2 N–H and O–H groups in total. The van der Waals surface area contributed by atoms with Gasteiger partial charge in [0, 0.05) is 12.1 Å². The highest BCUT2D eigenvalue weighted by Gasteiger charge is 2.22. The number of imidazole rings is 1. The Kier molecular flexibility index (Phi) is 3.28. The van der Waals surface area contributed by atoms with Gasteiger partial charge in [-0.25, -0.2) is 9.78 Å². The highest BCUT2D eigenvalue weighted by atomic mass is 79.9. The quantitative estimate of drug-likeness (QED) is 0.889. The fraction of sp³-hybridized carbons (Fsp3) is 0.385. The van der Waals surface area contributed by atoms with Crippen molar-refractivity contribution >= 4 is 27.4 Å². The van der Waals surface area contributed by atoms with Crippen LogP contribution in [0.4, 0.5) is 0 Å². The second kappa shape index (κ2) is 4.94. The summed E-state index contributed by atoms with van der Waals surface area (Å²) in [6.45, 7) is 1.96. The van der Waals surface area contributed by atoms with E-state index in [-0.39, 0.29) is 5.56 Å². The van der Waals surface area contributed by atoms with E-state index in [9.17, 15) is 4.79 Å². The van der Waals surface area contributed by atoms with Gasteiger partial charge in [-0.05, 0) is 54.0 Å². The van der Waals surface area contributed by atoms with Gasteiger partial charge in [0.2, 0.25) is 0 Å². The lowest BCUT2D eigenvalue weighted by molar-refractivity contribution is 0.0696. The van der Waals surface area contributed by atoms with Crippen molar-refractivity contribution in [2.75, 3.05) is 13.1 Å². The summed E-state index contributed by atoms with van der Waals surface area (Å²) < 4.78 is 2.68.